The van der Waals surface area contributed by atoms with Crippen molar-refractivity contribution in [2.45, 2.75) is 52.1 Å². The summed E-state index contributed by atoms with van der Waals surface area (Å²) in [6.07, 6.45) is 7.21. The van der Waals surface area contributed by atoms with Crippen LogP contribution in [0.3, 0.4) is 0 Å². The molecule has 2 aromatic carbocycles. The maximum Gasteiger partial charge on any atom is 0.387 e. The van der Waals surface area contributed by atoms with E-state index in [1.165, 1.54) is 37.8 Å². The largest absolute Gasteiger partial charge is 0.435 e. The van der Waals surface area contributed by atoms with Crippen molar-refractivity contribution in [1.82, 2.24) is 0 Å². The number of halogens is 3. The molecule has 0 amide bonds. The summed E-state index contributed by atoms with van der Waals surface area (Å²) in [7, 11) is 0. The zero-order chi connectivity index (χ0) is 18.5. The average molecular weight is 362 g/mol. The van der Waals surface area contributed by atoms with E-state index in [0.29, 0.717) is 11.1 Å². The molecule has 0 radical (unpaired) electrons. The number of rotatable bonds is 6. The molecular weight excluding hydrogens is 337 g/mol. The van der Waals surface area contributed by atoms with Gasteiger partial charge in [0.25, 0.3) is 0 Å². The summed E-state index contributed by atoms with van der Waals surface area (Å²) in [6.45, 7) is -0.541. The van der Waals surface area contributed by atoms with Crippen LogP contribution >= 0.6 is 0 Å². The molecule has 0 saturated heterocycles. The number of hydrogen-bond acceptors (Lipinski definition) is 1. The van der Waals surface area contributed by atoms with Crippen LogP contribution in [0.25, 0.3) is 11.1 Å². The molecule has 3 rings (SSSR count). The summed E-state index contributed by atoms with van der Waals surface area (Å²) in [5.74, 6) is 1.40. The Kier molecular flexibility index (Phi) is 6.23. The third-order valence-electron chi connectivity index (χ3n) is 5.40. The summed E-state index contributed by atoms with van der Waals surface area (Å²) in [4.78, 5) is 0. The molecule has 0 aliphatic heterocycles. The van der Waals surface area contributed by atoms with Crippen LogP contribution in [0.5, 0.6) is 5.75 Å². The molecule has 26 heavy (non-hydrogen) atoms. The molecule has 0 spiro atoms. The normalized spacial score (nSPS) is 20.3. The van der Waals surface area contributed by atoms with Crippen molar-refractivity contribution in [1.29, 1.82) is 0 Å². The summed E-state index contributed by atoms with van der Waals surface area (Å²) in [5, 5.41) is 0. The van der Waals surface area contributed by atoms with Gasteiger partial charge in [-0.2, -0.15) is 8.78 Å². The molecule has 0 N–H and O–H groups in total. The van der Waals surface area contributed by atoms with Crippen molar-refractivity contribution in [3.63, 3.8) is 0 Å². The Hall–Kier alpha value is -1.97. The maximum atomic E-state index is 14.5. The Morgan fingerprint density at radius 1 is 1.00 bits per heavy atom. The van der Waals surface area contributed by atoms with Gasteiger partial charge in [-0.25, -0.2) is 4.39 Å². The van der Waals surface area contributed by atoms with Crippen molar-refractivity contribution in [3.05, 3.63) is 53.8 Å². The SMILES string of the molecule is CC1CCC(CCc2ccc(-c3ccc(OC(F)F)cc3)c(F)c2)CC1. The van der Waals surface area contributed by atoms with Crippen LogP contribution in [0.1, 0.15) is 44.6 Å². The number of alkyl halides is 2. The third kappa shape index (κ3) is 5.03. The van der Waals surface area contributed by atoms with Gasteiger partial charge in [-0.1, -0.05) is 56.9 Å². The molecule has 1 aliphatic rings. The highest BCUT2D eigenvalue weighted by atomic mass is 19.3. The first kappa shape index (κ1) is 18.8. The minimum Gasteiger partial charge on any atom is -0.435 e. The Labute approximate surface area is 153 Å². The smallest absolute Gasteiger partial charge is 0.387 e. The van der Waals surface area contributed by atoms with Crippen LogP contribution in [0.15, 0.2) is 42.5 Å². The molecule has 0 unspecified atom stereocenters. The van der Waals surface area contributed by atoms with E-state index in [2.05, 4.69) is 11.7 Å². The Balaban J connectivity index is 1.62. The molecule has 140 valence electrons. The topological polar surface area (TPSA) is 9.23 Å². The lowest BCUT2D eigenvalue weighted by Crippen LogP contribution is -2.12. The van der Waals surface area contributed by atoms with Crippen LogP contribution in [-0.4, -0.2) is 6.61 Å². The predicted molar refractivity (Wildman–Crippen MR) is 97.9 cm³/mol. The summed E-state index contributed by atoms with van der Waals surface area (Å²) < 4.78 is 43.2. The van der Waals surface area contributed by atoms with Crippen molar-refractivity contribution in [2.24, 2.45) is 11.8 Å². The quantitative estimate of drug-likeness (QED) is 0.546. The highest BCUT2D eigenvalue weighted by Crippen LogP contribution is 2.32. The summed E-state index contributed by atoms with van der Waals surface area (Å²) in [5.41, 5.74) is 2.14. The molecule has 0 bridgehead atoms. The molecule has 0 atom stereocenters. The van der Waals surface area contributed by atoms with E-state index < -0.39 is 6.61 Å². The molecule has 0 aromatic heterocycles. The van der Waals surface area contributed by atoms with Crippen LogP contribution in [0, 0.1) is 17.7 Å². The van der Waals surface area contributed by atoms with Gasteiger partial charge in [0.05, 0.1) is 0 Å². The molecule has 2 aromatic rings. The third-order valence-corrected chi connectivity index (χ3v) is 5.40. The van der Waals surface area contributed by atoms with E-state index in [1.807, 2.05) is 6.07 Å². The molecule has 4 heteroatoms. The Morgan fingerprint density at radius 3 is 2.31 bits per heavy atom. The zero-order valence-electron chi connectivity index (χ0n) is 15.1. The lowest BCUT2D eigenvalue weighted by Gasteiger charge is -2.26. The van der Waals surface area contributed by atoms with E-state index in [-0.39, 0.29) is 11.6 Å². The van der Waals surface area contributed by atoms with Gasteiger partial charge in [-0.3, -0.25) is 0 Å². The average Bonchev–Trinajstić information content (AvgIpc) is 2.62. The Morgan fingerprint density at radius 2 is 1.69 bits per heavy atom. The van der Waals surface area contributed by atoms with Gasteiger partial charge in [0.15, 0.2) is 0 Å². The maximum absolute atomic E-state index is 14.5. The lowest BCUT2D eigenvalue weighted by molar-refractivity contribution is -0.0498. The lowest BCUT2D eigenvalue weighted by atomic mass is 9.80. The molecule has 1 fully saturated rings. The minimum absolute atomic E-state index is 0.0718. The second-order valence-corrected chi connectivity index (χ2v) is 7.38. The summed E-state index contributed by atoms with van der Waals surface area (Å²) >= 11 is 0. The second kappa shape index (κ2) is 8.61. The number of benzene rings is 2. The van der Waals surface area contributed by atoms with Crippen molar-refractivity contribution in [3.8, 4) is 16.9 Å². The van der Waals surface area contributed by atoms with Crippen molar-refractivity contribution in [2.75, 3.05) is 0 Å². The number of aryl methyl sites for hydroxylation is 1. The zero-order valence-corrected chi connectivity index (χ0v) is 15.1. The first-order valence-corrected chi connectivity index (χ1v) is 9.35. The van der Waals surface area contributed by atoms with Crippen LogP contribution < -0.4 is 4.74 Å². The fourth-order valence-corrected chi connectivity index (χ4v) is 3.75. The van der Waals surface area contributed by atoms with Gasteiger partial charge in [-0.15, -0.1) is 0 Å². The standard InChI is InChI=1S/C22H25F3O/c1-15-2-4-16(5-3-15)6-7-17-8-13-20(21(23)14-17)18-9-11-19(12-10-18)26-22(24)25/h8-16,22H,2-7H2,1H3. The van der Waals surface area contributed by atoms with Crippen LogP contribution in [0.4, 0.5) is 13.2 Å². The Bertz CT molecular complexity index is 704. The molecule has 0 heterocycles. The van der Waals surface area contributed by atoms with E-state index in [1.54, 1.807) is 24.3 Å². The fourth-order valence-electron chi connectivity index (χ4n) is 3.75. The molecule has 1 aliphatic carbocycles. The van der Waals surface area contributed by atoms with E-state index in [0.717, 1.165) is 30.2 Å². The monoisotopic (exact) mass is 362 g/mol. The van der Waals surface area contributed by atoms with Gasteiger partial charge < -0.3 is 4.74 Å². The first-order valence-electron chi connectivity index (χ1n) is 9.35. The number of ether oxygens (including phenoxy) is 1. The van der Waals surface area contributed by atoms with Gasteiger partial charge in [0.2, 0.25) is 0 Å². The van der Waals surface area contributed by atoms with Gasteiger partial charge in [-0.05, 0) is 54.0 Å². The molecular formula is C22H25F3O. The second-order valence-electron chi connectivity index (χ2n) is 7.38. The first-order chi connectivity index (χ1) is 12.5. The van der Waals surface area contributed by atoms with Gasteiger partial charge >= 0.3 is 6.61 Å². The van der Waals surface area contributed by atoms with E-state index in [4.69, 9.17) is 0 Å². The van der Waals surface area contributed by atoms with Crippen LogP contribution in [-0.2, 0) is 6.42 Å². The molecule has 1 saturated carbocycles. The van der Waals surface area contributed by atoms with Crippen LogP contribution in [0.2, 0.25) is 0 Å². The summed E-state index contributed by atoms with van der Waals surface area (Å²) in [6, 6.07) is 11.4. The van der Waals surface area contributed by atoms with Gasteiger partial charge in [0.1, 0.15) is 11.6 Å². The van der Waals surface area contributed by atoms with Gasteiger partial charge in [0, 0.05) is 5.56 Å². The highest BCUT2D eigenvalue weighted by Gasteiger charge is 2.18. The van der Waals surface area contributed by atoms with E-state index >= 15 is 0 Å². The minimum atomic E-state index is -2.86. The molecule has 1 nitrogen and oxygen atoms in total. The highest BCUT2D eigenvalue weighted by molar-refractivity contribution is 5.65. The number of hydrogen-bond donors (Lipinski definition) is 0. The van der Waals surface area contributed by atoms with Crippen molar-refractivity contribution >= 4 is 0 Å². The fraction of sp³-hybridized carbons (Fsp3) is 0.455. The van der Waals surface area contributed by atoms with E-state index in [9.17, 15) is 13.2 Å². The predicted octanol–water partition coefficient (Wildman–Crippen LogP) is 6.85. The van der Waals surface area contributed by atoms with Crippen molar-refractivity contribution < 1.29 is 17.9 Å².